The number of halogens is 8. The summed E-state index contributed by atoms with van der Waals surface area (Å²) in [5.74, 6) is -18.9. The molecule has 456 valence electrons. The second kappa shape index (κ2) is 41.9. The molecule has 3 atom stereocenters. The normalized spacial score (nSPS) is 13.8. The van der Waals surface area contributed by atoms with E-state index in [-0.39, 0.29) is 66.5 Å². The van der Waals surface area contributed by atoms with E-state index in [2.05, 4.69) is 44.9 Å². The molecule has 8 nitrogen and oxygen atoms in total. The lowest BCUT2D eigenvalue weighted by molar-refractivity contribution is -0.246. The Balaban J connectivity index is -0.00000118. The van der Waals surface area contributed by atoms with Crippen LogP contribution in [0.5, 0.6) is 0 Å². The highest BCUT2D eigenvalue weighted by molar-refractivity contribution is 5.82. The molecule has 3 unspecified atom stereocenters. The van der Waals surface area contributed by atoms with Crippen molar-refractivity contribution in [3.63, 3.8) is 0 Å². The van der Waals surface area contributed by atoms with Crippen molar-refractivity contribution in [1.82, 2.24) is 10.6 Å². The predicted octanol–water partition coefficient (Wildman–Crippen LogP) is 17.6. The number of rotatable bonds is 42. The van der Waals surface area contributed by atoms with Crippen LogP contribution in [0.15, 0.2) is 25.0 Å². The number of carbonyl (C=O) groups excluding carboxylic acids is 4. The minimum absolute atomic E-state index is 0.00533. The lowest BCUT2D eigenvalue weighted by Crippen LogP contribution is -2.47. The highest BCUT2D eigenvalue weighted by Crippen LogP contribution is 2.45. The van der Waals surface area contributed by atoms with Gasteiger partial charge in [-0.05, 0) is 48.9 Å². The molecule has 0 fully saturated rings. The third kappa shape index (κ3) is 37.5. The van der Waals surface area contributed by atoms with Gasteiger partial charge in [-0.1, -0.05) is 194 Å². The van der Waals surface area contributed by atoms with Gasteiger partial charge in [0.15, 0.2) is 0 Å². The predicted molar refractivity (Wildman–Crippen MR) is 300 cm³/mol. The average Bonchev–Trinajstić information content (AvgIpc) is 3.31. The van der Waals surface area contributed by atoms with Gasteiger partial charge in [0.2, 0.25) is 11.8 Å². The highest BCUT2D eigenvalue weighted by Gasteiger charge is 2.60. The minimum atomic E-state index is -4.21. The Hall–Kier alpha value is -3.04. The van der Waals surface area contributed by atoms with E-state index in [0.717, 1.165) is 78.0 Å². The summed E-state index contributed by atoms with van der Waals surface area (Å²) in [5, 5.41) is 5.84. The third-order valence-corrected chi connectivity index (χ3v) is 13.6. The molecule has 0 aliphatic heterocycles. The molecule has 77 heavy (non-hydrogen) atoms. The van der Waals surface area contributed by atoms with Crippen LogP contribution in [0.2, 0.25) is 0 Å². The fourth-order valence-electron chi connectivity index (χ4n) is 7.69. The van der Waals surface area contributed by atoms with Crippen LogP contribution in [0.4, 0.5) is 35.1 Å². The van der Waals surface area contributed by atoms with Crippen LogP contribution in [0.25, 0.3) is 0 Å². The summed E-state index contributed by atoms with van der Waals surface area (Å²) < 4.78 is 122. The zero-order valence-corrected chi connectivity index (χ0v) is 50.8. The van der Waals surface area contributed by atoms with Crippen LogP contribution in [0, 0.1) is 53.3 Å². The number of allylic oxidation sites excluding steroid dienone is 1. The molecule has 0 heterocycles. The van der Waals surface area contributed by atoms with E-state index in [1.54, 1.807) is 53.7 Å². The summed E-state index contributed by atoms with van der Waals surface area (Å²) in [6, 6.07) is 0. The van der Waals surface area contributed by atoms with Crippen LogP contribution in [0.1, 0.15) is 233 Å². The number of Topliss-reactive ketones (excluding diaryl/α,β-unsaturated/α-hetero) is 2. The van der Waals surface area contributed by atoms with Gasteiger partial charge >= 0.3 is 23.7 Å². The van der Waals surface area contributed by atoms with Gasteiger partial charge in [0, 0.05) is 68.9 Å². The first-order chi connectivity index (χ1) is 35.5. The van der Waals surface area contributed by atoms with Crippen molar-refractivity contribution >= 4 is 23.4 Å². The second-order valence-corrected chi connectivity index (χ2v) is 23.9. The quantitative estimate of drug-likeness (QED) is 0.0273. The van der Waals surface area contributed by atoms with Gasteiger partial charge in [0.05, 0.1) is 25.4 Å². The molecule has 0 saturated carbocycles. The van der Waals surface area contributed by atoms with Crippen molar-refractivity contribution < 1.29 is 63.8 Å². The number of nitrogens with one attached hydrogen (secondary N) is 2. The van der Waals surface area contributed by atoms with E-state index >= 15 is 0 Å². The van der Waals surface area contributed by atoms with Crippen LogP contribution in [-0.4, -0.2) is 79.0 Å². The molecular weight excluding hydrogens is 1010 g/mol. The zero-order valence-electron chi connectivity index (χ0n) is 50.8. The van der Waals surface area contributed by atoms with Crippen molar-refractivity contribution in [3.05, 3.63) is 25.0 Å². The molecule has 2 N–H and O–H groups in total. The van der Waals surface area contributed by atoms with Gasteiger partial charge < -0.3 is 20.1 Å². The Labute approximate surface area is 463 Å². The van der Waals surface area contributed by atoms with Crippen LogP contribution >= 0.6 is 0 Å². The summed E-state index contributed by atoms with van der Waals surface area (Å²) in [6.45, 7) is 31.8. The van der Waals surface area contributed by atoms with Crippen molar-refractivity contribution in [3.8, 4) is 0 Å². The van der Waals surface area contributed by atoms with E-state index in [1.165, 1.54) is 51.4 Å². The number of unbranched alkanes of at least 4 members (excludes halogenated alkanes) is 8. The standard InChI is InChI=1S/C30H55F4NO3.C19H35NO2.C12H20F4O/c1-21(2)14-12-10-9-11-13-17-35-28(37)16-15-25(18-26(36)22(3)4)20-38-27(23(5)6)19-29(31,32)30(33,34)24(7)8;1-16(2)12-8-6-5-7-11-15-20-19(22)14-10-9-13-18(21)17(3)4;1-6-17-10(8(2)3)7-11(13,14)12(15,16)9(4)5/h21-25,27H,9-20H2,1-8H3,(H,35,37);9-10,16-17H,5-8,11-15H2,1-4H3,(H,20,22);6,8-10H,1,7H2,2-5H3/b;10-9+;. The lowest BCUT2D eigenvalue weighted by atomic mass is 9.91. The molecule has 0 bridgehead atoms. The topological polar surface area (TPSA) is 111 Å². The molecular formula is C61H110F8N2O6. The third-order valence-electron chi connectivity index (χ3n) is 13.6. The Kier molecular flexibility index (Phi) is 42.5. The molecule has 2 amide bonds. The lowest BCUT2D eigenvalue weighted by Gasteiger charge is -2.34. The van der Waals surface area contributed by atoms with Crippen molar-refractivity contribution in [1.29, 1.82) is 0 Å². The number of alkyl halides is 8. The van der Waals surface area contributed by atoms with E-state index < -0.39 is 66.5 Å². The van der Waals surface area contributed by atoms with Gasteiger partial charge in [0.25, 0.3) is 0 Å². The first kappa shape index (κ1) is 78.2. The molecule has 0 radical (unpaired) electrons. The summed E-state index contributed by atoms with van der Waals surface area (Å²) in [7, 11) is 0. The molecule has 0 aliphatic carbocycles. The summed E-state index contributed by atoms with van der Waals surface area (Å²) in [4.78, 5) is 47.7. The maximum absolute atomic E-state index is 14.5. The highest BCUT2D eigenvalue weighted by atomic mass is 19.3. The number of hydrogen-bond acceptors (Lipinski definition) is 6. The second-order valence-electron chi connectivity index (χ2n) is 23.9. The number of hydrogen-bond donors (Lipinski definition) is 2. The van der Waals surface area contributed by atoms with E-state index in [1.807, 2.05) is 13.8 Å². The number of carbonyl (C=O) groups is 4. The van der Waals surface area contributed by atoms with E-state index in [0.29, 0.717) is 25.8 Å². The van der Waals surface area contributed by atoms with Gasteiger partial charge in [-0.25, -0.2) is 0 Å². The molecule has 0 aliphatic rings. The monoisotopic (exact) mass is 1120 g/mol. The number of amides is 2. The van der Waals surface area contributed by atoms with Crippen molar-refractivity contribution in [2.75, 3.05) is 19.7 Å². The average molecular weight is 1120 g/mol. The summed E-state index contributed by atoms with van der Waals surface area (Å²) >= 11 is 0. The molecule has 16 heteroatoms. The Morgan fingerprint density at radius 2 is 0.883 bits per heavy atom. The maximum Gasteiger partial charge on any atom is 0.314 e. The largest absolute Gasteiger partial charge is 0.498 e. The molecule has 0 aromatic heterocycles. The Bertz CT molecular complexity index is 1600. The van der Waals surface area contributed by atoms with Gasteiger partial charge in [-0.15, -0.1) is 0 Å². The van der Waals surface area contributed by atoms with Crippen LogP contribution in [-0.2, 0) is 28.7 Å². The Morgan fingerprint density at radius 1 is 0.494 bits per heavy atom. The molecule has 0 aromatic rings. The van der Waals surface area contributed by atoms with Crippen LogP contribution < -0.4 is 10.6 Å². The number of ether oxygens (including phenoxy) is 2. The maximum atomic E-state index is 14.5. The van der Waals surface area contributed by atoms with Gasteiger partial charge in [0.1, 0.15) is 17.7 Å². The van der Waals surface area contributed by atoms with Gasteiger partial charge in [-0.3, -0.25) is 19.2 Å². The molecule has 0 aromatic carbocycles. The van der Waals surface area contributed by atoms with Crippen molar-refractivity contribution in [2.45, 2.75) is 269 Å². The van der Waals surface area contributed by atoms with E-state index in [4.69, 9.17) is 9.47 Å². The first-order valence-corrected chi connectivity index (χ1v) is 29.1. The SMILES string of the molecule is C=COC(CC(F)(F)C(F)(F)C(C)C)C(C)C.CC(C)CCCCCCCNC(=O)C/C=C/CC(=O)C(C)C.CC(C)CCCCCCCNC(=O)CCC(COC(CC(F)(F)C(F)(F)C(C)C)C(C)C)CC(=O)C(C)C. The Morgan fingerprint density at radius 3 is 1.27 bits per heavy atom. The smallest absolute Gasteiger partial charge is 0.314 e. The zero-order chi connectivity index (χ0) is 60.2. The van der Waals surface area contributed by atoms with Crippen LogP contribution in [0.3, 0.4) is 0 Å². The first-order valence-electron chi connectivity index (χ1n) is 29.1. The summed E-state index contributed by atoms with van der Waals surface area (Å²) in [5.41, 5.74) is 0. The molecule has 0 rings (SSSR count). The molecule has 0 spiro atoms. The summed E-state index contributed by atoms with van der Waals surface area (Å²) in [6.07, 6.45) is 16.2. The fourth-order valence-corrected chi connectivity index (χ4v) is 7.69. The van der Waals surface area contributed by atoms with Crippen molar-refractivity contribution in [2.24, 2.45) is 53.3 Å². The minimum Gasteiger partial charge on any atom is -0.498 e. The van der Waals surface area contributed by atoms with E-state index in [9.17, 15) is 54.3 Å². The molecule has 0 saturated heterocycles. The van der Waals surface area contributed by atoms with Gasteiger partial charge in [-0.2, -0.15) is 35.1 Å². The fraction of sp³-hybridized carbons (Fsp3) is 0.869. The number of ketones is 2.